The Hall–Kier alpha value is -0.660. The molecule has 0 unspecified atom stereocenters. The number of carbonyl (C=O) groups is 1. The fraction of sp³-hybridized carbons (Fsp3) is 0.857. The fourth-order valence-electron chi connectivity index (χ4n) is 0.825. The van der Waals surface area contributed by atoms with Crippen molar-refractivity contribution in [2.45, 2.75) is 6.92 Å². The maximum atomic E-state index is 11.3. The molecule has 0 bridgehead atoms. The van der Waals surface area contributed by atoms with Crippen LogP contribution in [0.3, 0.4) is 0 Å². The maximum Gasteiger partial charge on any atom is 0.235 e. The average Bonchev–Trinajstić information content (AvgIpc) is 2.04. The van der Waals surface area contributed by atoms with Crippen molar-refractivity contribution >= 4 is 15.9 Å². The Bertz CT molecular complexity index is 275. The zero-order chi connectivity index (χ0) is 11.2. The number of amides is 1. The molecule has 0 rings (SSSR count). The summed E-state index contributed by atoms with van der Waals surface area (Å²) in [7, 11) is -2.20. The van der Waals surface area contributed by atoms with Gasteiger partial charge in [0.2, 0.25) is 15.9 Å². The molecule has 0 aliphatic carbocycles. The molecule has 0 aliphatic rings. The van der Waals surface area contributed by atoms with E-state index in [-0.39, 0.29) is 18.2 Å². The maximum absolute atomic E-state index is 11.3. The second-order valence-corrected chi connectivity index (χ2v) is 4.94. The van der Waals surface area contributed by atoms with Gasteiger partial charge in [-0.3, -0.25) is 4.79 Å². The lowest BCUT2D eigenvalue weighted by Crippen LogP contribution is -2.39. The Labute approximate surface area is 84.0 Å². The van der Waals surface area contributed by atoms with Gasteiger partial charge in [-0.25, -0.2) is 8.42 Å². The highest BCUT2D eigenvalue weighted by Gasteiger charge is 2.19. The van der Waals surface area contributed by atoms with Crippen molar-refractivity contribution in [2.75, 3.05) is 32.5 Å². The van der Waals surface area contributed by atoms with E-state index in [1.165, 1.54) is 7.05 Å². The number of hydrogen-bond acceptors (Lipinski definition) is 4. The van der Waals surface area contributed by atoms with Crippen molar-refractivity contribution in [1.29, 1.82) is 0 Å². The molecular formula is C7H16N2O4S. The summed E-state index contributed by atoms with van der Waals surface area (Å²) in [6.07, 6.45) is 0. The van der Waals surface area contributed by atoms with Gasteiger partial charge in [0.25, 0.3) is 0 Å². The summed E-state index contributed by atoms with van der Waals surface area (Å²) in [5.41, 5.74) is 0. The van der Waals surface area contributed by atoms with E-state index in [2.05, 4.69) is 5.32 Å². The molecule has 2 N–H and O–H groups in total. The van der Waals surface area contributed by atoms with Crippen LogP contribution in [0.4, 0.5) is 0 Å². The summed E-state index contributed by atoms with van der Waals surface area (Å²) >= 11 is 0. The lowest BCUT2D eigenvalue weighted by Gasteiger charge is -2.15. The molecule has 0 heterocycles. The third-order valence-electron chi connectivity index (χ3n) is 1.56. The van der Waals surface area contributed by atoms with Crippen LogP contribution in [-0.4, -0.2) is 56.2 Å². The molecular weight excluding hydrogens is 208 g/mol. The van der Waals surface area contributed by atoms with Gasteiger partial charge in [-0.1, -0.05) is 0 Å². The lowest BCUT2D eigenvalue weighted by atomic mass is 10.5. The van der Waals surface area contributed by atoms with Crippen LogP contribution >= 0.6 is 0 Å². The zero-order valence-electron chi connectivity index (χ0n) is 8.36. The molecule has 0 aromatic heterocycles. The molecule has 0 fully saturated rings. The van der Waals surface area contributed by atoms with Crippen LogP contribution in [0.2, 0.25) is 0 Å². The number of aliphatic hydroxyl groups is 1. The number of sulfonamides is 1. The van der Waals surface area contributed by atoms with E-state index in [4.69, 9.17) is 5.11 Å². The fourth-order valence-corrected chi connectivity index (χ4v) is 1.68. The van der Waals surface area contributed by atoms with Crippen molar-refractivity contribution in [2.24, 2.45) is 0 Å². The van der Waals surface area contributed by atoms with Crippen LogP contribution in [0, 0.1) is 0 Å². The Morgan fingerprint density at radius 3 is 2.50 bits per heavy atom. The molecule has 0 atom stereocenters. The third kappa shape index (κ3) is 4.54. The first-order chi connectivity index (χ1) is 6.44. The van der Waals surface area contributed by atoms with Gasteiger partial charge in [0, 0.05) is 13.6 Å². The van der Waals surface area contributed by atoms with Crippen LogP contribution in [0.25, 0.3) is 0 Å². The molecule has 0 spiro atoms. The smallest absolute Gasteiger partial charge is 0.235 e. The molecule has 0 radical (unpaired) electrons. The minimum atomic E-state index is -3.50. The summed E-state index contributed by atoms with van der Waals surface area (Å²) in [4.78, 5) is 11.0. The highest BCUT2D eigenvalue weighted by Crippen LogP contribution is 1.96. The minimum absolute atomic E-state index is 0.212. The number of nitrogens with one attached hydrogen (secondary N) is 1. The Morgan fingerprint density at radius 1 is 1.50 bits per heavy atom. The predicted octanol–water partition coefficient (Wildman–Crippen LogP) is -1.62. The Kier molecular flexibility index (Phi) is 5.66. The van der Waals surface area contributed by atoms with E-state index in [0.29, 0.717) is 6.54 Å². The second kappa shape index (κ2) is 5.94. The normalized spacial score (nSPS) is 11.7. The molecule has 0 aliphatic heterocycles. The predicted molar refractivity (Wildman–Crippen MR) is 52.2 cm³/mol. The first-order valence-corrected chi connectivity index (χ1v) is 5.86. The van der Waals surface area contributed by atoms with Crippen molar-refractivity contribution in [3.05, 3.63) is 0 Å². The number of rotatable bonds is 6. The van der Waals surface area contributed by atoms with E-state index >= 15 is 0 Å². The van der Waals surface area contributed by atoms with Crippen LogP contribution in [-0.2, 0) is 14.8 Å². The van der Waals surface area contributed by atoms with Crippen LogP contribution < -0.4 is 5.32 Å². The van der Waals surface area contributed by atoms with Gasteiger partial charge in [0.1, 0.15) is 0 Å². The van der Waals surface area contributed by atoms with Crippen molar-refractivity contribution < 1.29 is 18.3 Å². The Balaban J connectivity index is 4.20. The molecule has 1 amide bonds. The lowest BCUT2D eigenvalue weighted by molar-refractivity contribution is -0.121. The SMILES string of the molecule is CCNC(=O)CN(C)S(=O)(=O)CCO. The summed E-state index contributed by atoms with van der Waals surface area (Å²) in [5, 5.41) is 11.0. The van der Waals surface area contributed by atoms with Gasteiger partial charge in [-0.2, -0.15) is 4.31 Å². The van der Waals surface area contributed by atoms with Crippen LogP contribution in [0.1, 0.15) is 6.92 Å². The minimum Gasteiger partial charge on any atom is -0.395 e. The molecule has 84 valence electrons. The van der Waals surface area contributed by atoms with Crippen molar-refractivity contribution in [3.63, 3.8) is 0 Å². The molecule has 0 aromatic rings. The summed E-state index contributed by atoms with van der Waals surface area (Å²) in [6, 6.07) is 0. The number of carbonyl (C=O) groups excluding carboxylic acids is 1. The van der Waals surface area contributed by atoms with Crippen molar-refractivity contribution in [1.82, 2.24) is 9.62 Å². The van der Waals surface area contributed by atoms with Gasteiger partial charge < -0.3 is 10.4 Å². The van der Waals surface area contributed by atoms with Gasteiger partial charge in [-0.05, 0) is 6.92 Å². The largest absolute Gasteiger partial charge is 0.395 e. The van der Waals surface area contributed by atoms with E-state index in [1.807, 2.05) is 0 Å². The van der Waals surface area contributed by atoms with Gasteiger partial charge in [-0.15, -0.1) is 0 Å². The van der Waals surface area contributed by atoms with E-state index < -0.39 is 16.6 Å². The molecule has 0 aromatic carbocycles. The van der Waals surface area contributed by atoms with Gasteiger partial charge in [0.05, 0.1) is 18.9 Å². The summed E-state index contributed by atoms with van der Waals surface area (Å²) in [6.45, 7) is 1.56. The molecule has 0 saturated carbocycles. The highest BCUT2D eigenvalue weighted by atomic mass is 32.2. The number of aliphatic hydroxyl groups excluding tert-OH is 1. The van der Waals surface area contributed by atoms with E-state index in [0.717, 1.165) is 4.31 Å². The van der Waals surface area contributed by atoms with Crippen LogP contribution in [0.15, 0.2) is 0 Å². The van der Waals surface area contributed by atoms with Gasteiger partial charge in [0.15, 0.2) is 0 Å². The topological polar surface area (TPSA) is 86.7 Å². The summed E-state index contributed by atoms with van der Waals surface area (Å²) in [5.74, 6) is -0.709. The second-order valence-electron chi connectivity index (χ2n) is 2.75. The van der Waals surface area contributed by atoms with E-state index in [9.17, 15) is 13.2 Å². The average molecular weight is 224 g/mol. The van der Waals surface area contributed by atoms with Gasteiger partial charge >= 0.3 is 0 Å². The molecule has 0 saturated heterocycles. The van der Waals surface area contributed by atoms with E-state index in [1.54, 1.807) is 6.92 Å². The Morgan fingerprint density at radius 2 is 2.07 bits per heavy atom. The monoisotopic (exact) mass is 224 g/mol. The number of hydrogen-bond donors (Lipinski definition) is 2. The first-order valence-electron chi connectivity index (χ1n) is 4.25. The van der Waals surface area contributed by atoms with Crippen LogP contribution in [0.5, 0.6) is 0 Å². The first kappa shape index (κ1) is 13.3. The standard InChI is InChI=1S/C7H16N2O4S/c1-3-8-7(11)6-9(2)14(12,13)5-4-10/h10H,3-6H2,1-2H3,(H,8,11). The summed E-state index contributed by atoms with van der Waals surface area (Å²) < 4.78 is 23.4. The number of likely N-dealkylation sites (N-methyl/N-ethyl adjacent to an activating group) is 2. The zero-order valence-corrected chi connectivity index (χ0v) is 9.17. The number of nitrogens with zero attached hydrogens (tertiary/aromatic N) is 1. The molecule has 14 heavy (non-hydrogen) atoms. The quantitative estimate of drug-likeness (QED) is 0.567. The van der Waals surface area contributed by atoms with Crippen molar-refractivity contribution in [3.8, 4) is 0 Å². The third-order valence-corrected chi connectivity index (χ3v) is 3.34. The molecule has 6 nitrogen and oxygen atoms in total. The highest BCUT2D eigenvalue weighted by molar-refractivity contribution is 7.89. The molecule has 7 heteroatoms.